The minimum atomic E-state index is 0.571. The molecule has 0 saturated carbocycles. The molecule has 0 amide bonds. The van der Waals surface area contributed by atoms with Crippen molar-refractivity contribution in [2.24, 2.45) is 0 Å². The molecule has 0 atom stereocenters. The standard InChI is InChI=1S/C16H21N7O/c1-4-7-17-15-20-16(22-21-15)19-12-5-6-13(14(8-12)24-3)23-9-11(2)18-10-23/h5-6,8-10H,4,7H2,1-3H3,(H3,17,19,20,21,22). The van der Waals surface area contributed by atoms with Gasteiger partial charge in [0.15, 0.2) is 0 Å². The van der Waals surface area contributed by atoms with Crippen molar-refractivity contribution in [3.05, 3.63) is 36.4 Å². The smallest absolute Gasteiger partial charge is 0.227 e. The summed E-state index contributed by atoms with van der Waals surface area (Å²) in [5, 5.41) is 14.4. The van der Waals surface area contributed by atoms with Crippen molar-refractivity contribution in [1.29, 1.82) is 0 Å². The second-order valence-corrected chi connectivity index (χ2v) is 5.38. The highest BCUT2D eigenvalue weighted by atomic mass is 16.5. The number of aryl methyl sites for hydroxylation is 1. The van der Waals surface area contributed by atoms with Crippen molar-refractivity contribution < 1.29 is 4.74 Å². The number of aromatic amines is 1. The summed E-state index contributed by atoms with van der Waals surface area (Å²) < 4.78 is 7.43. The van der Waals surface area contributed by atoms with Crippen LogP contribution < -0.4 is 15.4 Å². The summed E-state index contributed by atoms with van der Waals surface area (Å²) in [6.45, 7) is 4.90. The first-order chi connectivity index (χ1) is 11.7. The molecule has 8 heteroatoms. The maximum Gasteiger partial charge on any atom is 0.227 e. The number of aromatic nitrogens is 5. The van der Waals surface area contributed by atoms with Gasteiger partial charge in [0, 0.05) is 24.5 Å². The summed E-state index contributed by atoms with van der Waals surface area (Å²) in [5.74, 6) is 1.96. The summed E-state index contributed by atoms with van der Waals surface area (Å²) in [7, 11) is 1.65. The maximum atomic E-state index is 5.50. The van der Waals surface area contributed by atoms with Gasteiger partial charge in [-0.3, -0.25) is 4.98 Å². The molecule has 24 heavy (non-hydrogen) atoms. The minimum Gasteiger partial charge on any atom is -0.494 e. The van der Waals surface area contributed by atoms with Gasteiger partial charge in [0.2, 0.25) is 11.9 Å². The molecule has 3 rings (SSSR count). The Labute approximate surface area is 140 Å². The lowest BCUT2D eigenvalue weighted by atomic mass is 10.2. The molecule has 126 valence electrons. The second kappa shape index (κ2) is 7.03. The average molecular weight is 327 g/mol. The number of H-pyrrole nitrogens is 1. The van der Waals surface area contributed by atoms with E-state index >= 15 is 0 Å². The Morgan fingerprint density at radius 2 is 2.08 bits per heavy atom. The molecule has 0 aliphatic heterocycles. The number of anilines is 3. The molecule has 0 radical (unpaired) electrons. The summed E-state index contributed by atoms with van der Waals surface area (Å²) in [6.07, 6.45) is 4.74. The molecule has 0 fully saturated rings. The maximum absolute atomic E-state index is 5.50. The van der Waals surface area contributed by atoms with Crippen molar-refractivity contribution in [3.63, 3.8) is 0 Å². The quantitative estimate of drug-likeness (QED) is 0.618. The van der Waals surface area contributed by atoms with Crippen molar-refractivity contribution in [2.75, 3.05) is 24.3 Å². The molecule has 0 saturated heterocycles. The lowest BCUT2D eigenvalue weighted by molar-refractivity contribution is 0.413. The minimum absolute atomic E-state index is 0.571. The van der Waals surface area contributed by atoms with Gasteiger partial charge in [0.05, 0.1) is 24.8 Å². The molecule has 3 aromatic rings. The molecule has 1 aromatic carbocycles. The molecule has 3 N–H and O–H groups in total. The topological polar surface area (TPSA) is 92.7 Å². The van der Waals surface area contributed by atoms with Crippen LogP contribution in [0.3, 0.4) is 0 Å². The lowest BCUT2D eigenvalue weighted by Gasteiger charge is -2.11. The zero-order valence-electron chi connectivity index (χ0n) is 14.0. The first kappa shape index (κ1) is 15.9. The van der Waals surface area contributed by atoms with E-state index in [1.807, 2.05) is 35.9 Å². The molecule has 0 spiro atoms. The second-order valence-electron chi connectivity index (χ2n) is 5.38. The Hall–Kier alpha value is -3.03. The highest BCUT2D eigenvalue weighted by Gasteiger charge is 2.09. The Balaban J connectivity index is 1.78. The van der Waals surface area contributed by atoms with Crippen molar-refractivity contribution in [2.45, 2.75) is 20.3 Å². The molecular formula is C16H21N7O. The number of nitrogens with zero attached hydrogens (tertiary/aromatic N) is 4. The first-order valence-corrected chi connectivity index (χ1v) is 7.82. The molecule has 0 aliphatic rings. The number of rotatable bonds is 7. The van der Waals surface area contributed by atoms with Crippen LogP contribution in [0.4, 0.5) is 17.6 Å². The van der Waals surface area contributed by atoms with Crippen molar-refractivity contribution in [1.82, 2.24) is 24.7 Å². The van der Waals surface area contributed by atoms with Crippen molar-refractivity contribution in [3.8, 4) is 11.4 Å². The fourth-order valence-electron chi connectivity index (χ4n) is 2.30. The summed E-state index contributed by atoms with van der Waals surface area (Å²) >= 11 is 0. The van der Waals surface area contributed by atoms with Crippen molar-refractivity contribution >= 4 is 17.6 Å². The van der Waals surface area contributed by atoms with E-state index in [0.29, 0.717) is 11.9 Å². The number of nitrogens with one attached hydrogen (secondary N) is 3. The lowest BCUT2D eigenvalue weighted by Crippen LogP contribution is -2.01. The number of imidazole rings is 1. The Morgan fingerprint density at radius 1 is 1.25 bits per heavy atom. The van der Waals surface area contributed by atoms with Crippen LogP contribution in [0.25, 0.3) is 5.69 Å². The Bertz CT molecular complexity index is 808. The van der Waals surface area contributed by atoms with E-state index in [2.05, 4.69) is 37.7 Å². The van der Waals surface area contributed by atoms with E-state index in [0.717, 1.165) is 35.8 Å². The van der Waals surface area contributed by atoms with Gasteiger partial charge in [0.1, 0.15) is 5.75 Å². The molecule has 0 bridgehead atoms. The summed E-state index contributed by atoms with van der Waals surface area (Å²) in [6, 6.07) is 5.83. The van der Waals surface area contributed by atoms with Crippen LogP contribution in [0.15, 0.2) is 30.7 Å². The molecule has 0 aliphatic carbocycles. The van der Waals surface area contributed by atoms with E-state index in [1.54, 1.807) is 13.4 Å². The zero-order valence-corrected chi connectivity index (χ0v) is 14.0. The Kier molecular flexibility index (Phi) is 4.64. The predicted octanol–water partition coefficient (Wildman–Crippen LogP) is 2.87. The van der Waals surface area contributed by atoms with Crippen LogP contribution >= 0.6 is 0 Å². The van der Waals surface area contributed by atoms with Gasteiger partial charge in [-0.2, -0.15) is 0 Å². The highest BCUT2D eigenvalue weighted by molar-refractivity contribution is 5.62. The number of hydrogen-bond donors (Lipinski definition) is 3. The van der Waals surface area contributed by atoms with Gasteiger partial charge in [0.25, 0.3) is 0 Å². The third-order valence-electron chi connectivity index (χ3n) is 3.46. The molecule has 8 nitrogen and oxygen atoms in total. The van der Waals surface area contributed by atoms with Crippen LogP contribution in [0.5, 0.6) is 5.75 Å². The zero-order chi connectivity index (χ0) is 16.9. The number of hydrogen-bond acceptors (Lipinski definition) is 6. The predicted molar refractivity (Wildman–Crippen MR) is 93.3 cm³/mol. The number of ether oxygens (including phenoxy) is 1. The van der Waals surface area contributed by atoms with Gasteiger partial charge >= 0.3 is 0 Å². The SMILES string of the molecule is CCCNc1nnc(Nc2ccc(-n3cnc(C)c3)c(OC)c2)[nH]1. The van der Waals surface area contributed by atoms with Gasteiger partial charge in [-0.15, -0.1) is 10.2 Å². The largest absolute Gasteiger partial charge is 0.494 e. The fraction of sp³-hybridized carbons (Fsp3) is 0.312. The van der Waals surface area contributed by atoms with Crippen LogP contribution in [0.1, 0.15) is 19.0 Å². The average Bonchev–Trinajstić information content (AvgIpc) is 3.22. The normalized spacial score (nSPS) is 10.6. The molecule has 0 unspecified atom stereocenters. The molecular weight excluding hydrogens is 306 g/mol. The third-order valence-corrected chi connectivity index (χ3v) is 3.46. The summed E-state index contributed by atoms with van der Waals surface area (Å²) in [5.41, 5.74) is 2.73. The monoisotopic (exact) mass is 327 g/mol. The van der Waals surface area contributed by atoms with E-state index in [4.69, 9.17) is 4.74 Å². The third kappa shape index (κ3) is 3.48. The van der Waals surface area contributed by atoms with Gasteiger partial charge < -0.3 is 19.9 Å². The van der Waals surface area contributed by atoms with Crippen LogP contribution in [0, 0.1) is 6.92 Å². The van der Waals surface area contributed by atoms with Crippen LogP contribution in [0.2, 0.25) is 0 Å². The van der Waals surface area contributed by atoms with E-state index in [9.17, 15) is 0 Å². The van der Waals surface area contributed by atoms with Crippen LogP contribution in [-0.4, -0.2) is 38.4 Å². The van der Waals surface area contributed by atoms with Gasteiger partial charge in [-0.05, 0) is 25.5 Å². The van der Waals surface area contributed by atoms with E-state index in [-0.39, 0.29) is 0 Å². The van der Waals surface area contributed by atoms with E-state index in [1.165, 1.54) is 0 Å². The Morgan fingerprint density at radius 3 is 2.79 bits per heavy atom. The van der Waals surface area contributed by atoms with Gasteiger partial charge in [-0.25, -0.2) is 4.98 Å². The van der Waals surface area contributed by atoms with Gasteiger partial charge in [-0.1, -0.05) is 6.92 Å². The number of methoxy groups -OCH3 is 1. The van der Waals surface area contributed by atoms with E-state index < -0.39 is 0 Å². The summed E-state index contributed by atoms with van der Waals surface area (Å²) in [4.78, 5) is 7.33. The van der Waals surface area contributed by atoms with Crippen LogP contribution in [-0.2, 0) is 0 Å². The molecule has 2 aromatic heterocycles. The first-order valence-electron chi connectivity index (χ1n) is 7.82. The highest BCUT2D eigenvalue weighted by Crippen LogP contribution is 2.28. The fourth-order valence-corrected chi connectivity index (χ4v) is 2.30. The number of benzene rings is 1. The molecule has 2 heterocycles.